The van der Waals surface area contributed by atoms with E-state index in [2.05, 4.69) is 9.64 Å². The number of carbonyl (C=O) groups is 1. The molecule has 2 unspecified atom stereocenters. The van der Waals surface area contributed by atoms with Crippen LogP contribution in [0.5, 0.6) is 5.75 Å². The van der Waals surface area contributed by atoms with Crippen LogP contribution in [0.1, 0.15) is 69.8 Å². The average molecular weight is 469 g/mol. The number of hydrogen-bond donors (Lipinski definition) is 1. The number of alkyl halides is 3. The van der Waals surface area contributed by atoms with Gasteiger partial charge in [0.15, 0.2) is 0 Å². The van der Waals surface area contributed by atoms with E-state index in [-0.39, 0.29) is 17.6 Å². The van der Waals surface area contributed by atoms with Gasteiger partial charge in [0.05, 0.1) is 11.5 Å². The van der Waals surface area contributed by atoms with Crippen LogP contribution in [0, 0.1) is 5.92 Å². The number of hydrogen-bond acceptors (Lipinski definition) is 4. The SMILES string of the molecule is C[C@@H]1CCC(O)(C(C(=O)N2CCC(N3CCCCC3)CC2)c2cccc(OC(F)(F)F)c2)C1. The summed E-state index contributed by atoms with van der Waals surface area (Å²) in [6, 6.07) is 6.06. The molecule has 5 nitrogen and oxygen atoms in total. The Morgan fingerprint density at radius 3 is 2.42 bits per heavy atom. The topological polar surface area (TPSA) is 53.0 Å². The van der Waals surface area contributed by atoms with Crippen molar-refractivity contribution in [3.8, 4) is 5.75 Å². The molecule has 8 heteroatoms. The van der Waals surface area contributed by atoms with Crippen molar-refractivity contribution in [2.45, 2.75) is 82.2 Å². The third-order valence-corrected chi connectivity index (χ3v) is 7.66. The van der Waals surface area contributed by atoms with Gasteiger partial charge in [-0.05, 0) is 81.6 Å². The third kappa shape index (κ3) is 5.83. The standard InChI is InChI=1S/C25H35F3N2O3/c1-18-8-11-24(32,17-18)22(19-6-5-7-21(16-19)33-25(26,27)28)23(31)30-14-9-20(10-15-30)29-12-3-2-4-13-29/h5-7,16,18,20,22,32H,2-4,8-15,17H2,1H3/t18-,22?,24?/m1/s1. The minimum absolute atomic E-state index is 0.187. The summed E-state index contributed by atoms with van der Waals surface area (Å²) in [6.45, 7) is 5.49. The third-order valence-electron chi connectivity index (χ3n) is 7.66. The highest BCUT2D eigenvalue weighted by Crippen LogP contribution is 2.45. The first-order valence-corrected chi connectivity index (χ1v) is 12.3. The number of likely N-dealkylation sites (tertiary alicyclic amines) is 2. The number of carbonyl (C=O) groups excluding carboxylic acids is 1. The molecule has 0 aromatic heterocycles. The van der Waals surface area contributed by atoms with E-state index in [4.69, 9.17) is 0 Å². The second kappa shape index (κ2) is 9.82. The molecular weight excluding hydrogens is 433 g/mol. The molecule has 0 radical (unpaired) electrons. The van der Waals surface area contributed by atoms with Crippen LogP contribution < -0.4 is 4.74 Å². The second-order valence-electron chi connectivity index (χ2n) is 10.2. The number of benzene rings is 1. The van der Waals surface area contributed by atoms with E-state index < -0.39 is 17.9 Å². The van der Waals surface area contributed by atoms with Crippen LogP contribution in [-0.2, 0) is 4.79 Å². The lowest BCUT2D eigenvalue weighted by atomic mass is 9.78. The van der Waals surface area contributed by atoms with Crippen molar-refractivity contribution in [3.05, 3.63) is 29.8 Å². The molecule has 33 heavy (non-hydrogen) atoms. The first-order valence-electron chi connectivity index (χ1n) is 12.3. The molecule has 2 saturated heterocycles. The molecule has 0 spiro atoms. The predicted molar refractivity (Wildman–Crippen MR) is 119 cm³/mol. The van der Waals surface area contributed by atoms with Gasteiger partial charge < -0.3 is 19.6 Å². The molecule has 1 aromatic carbocycles. The molecule has 4 rings (SSSR count). The van der Waals surface area contributed by atoms with E-state index in [0.29, 0.717) is 37.5 Å². The zero-order chi connectivity index (χ0) is 23.6. The molecule has 1 N–H and O–H groups in total. The van der Waals surface area contributed by atoms with Crippen LogP contribution in [-0.4, -0.2) is 65.0 Å². The molecule has 3 atom stereocenters. The Morgan fingerprint density at radius 1 is 1.12 bits per heavy atom. The molecule has 2 heterocycles. The molecule has 1 saturated carbocycles. The van der Waals surface area contributed by atoms with E-state index in [1.165, 1.54) is 37.5 Å². The van der Waals surface area contributed by atoms with Crippen molar-refractivity contribution in [1.29, 1.82) is 0 Å². The zero-order valence-corrected chi connectivity index (χ0v) is 19.3. The molecule has 1 aliphatic carbocycles. The minimum Gasteiger partial charge on any atom is -0.406 e. The maximum absolute atomic E-state index is 13.8. The Balaban J connectivity index is 1.53. The predicted octanol–water partition coefficient (Wildman–Crippen LogP) is 4.70. The van der Waals surface area contributed by atoms with Crippen molar-refractivity contribution < 1.29 is 27.8 Å². The molecule has 1 amide bonds. The van der Waals surface area contributed by atoms with E-state index in [1.807, 2.05) is 11.8 Å². The quantitative estimate of drug-likeness (QED) is 0.681. The summed E-state index contributed by atoms with van der Waals surface area (Å²) >= 11 is 0. The van der Waals surface area contributed by atoms with Crippen molar-refractivity contribution >= 4 is 5.91 Å². The molecular formula is C25H35F3N2O3. The smallest absolute Gasteiger partial charge is 0.406 e. The summed E-state index contributed by atoms with van der Waals surface area (Å²) in [5.74, 6) is -1.19. The number of piperidine rings is 2. The fourth-order valence-corrected chi connectivity index (χ4v) is 6.06. The van der Waals surface area contributed by atoms with Crippen LogP contribution >= 0.6 is 0 Å². The van der Waals surface area contributed by atoms with E-state index in [1.54, 1.807) is 6.07 Å². The molecule has 184 valence electrons. The highest BCUT2D eigenvalue weighted by molar-refractivity contribution is 5.85. The van der Waals surface area contributed by atoms with Crippen LogP contribution in [0.3, 0.4) is 0 Å². The van der Waals surface area contributed by atoms with Gasteiger partial charge in [0.25, 0.3) is 0 Å². The Bertz CT molecular complexity index is 819. The summed E-state index contributed by atoms with van der Waals surface area (Å²) in [6.07, 6.45) is 2.41. The molecule has 3 aliphatic rings. The lowest BCUT2D eigenvalue weighted by Gasteiger charge is -2.42. The van der Waals surface area contributed by atoms with Crippen molar-refractivity contribution in [2.24, 2.45) is 5.92 Å². The fourth-order valence-electron chi connectivity index (χ4n) is 6.06. The number of nitrogens with zero attached hydrogens (tertiary/aromatic N) is 2. The summed E-state index contributed by atoms with van der Waals surface area (Å²) in [4.78, 5) is 18.1. The lowest BCUT2D eigenvalue weighted by Crippen LogP contribution is -2.51. The van der Waals surface area contributed by atoms with Crippen LogP contribution in [0.15, 0.2) is 24.3 Å². The van der Waals surface area contributed by atoms with E-state index in [0.717, 1.165) is 32.4 Å². The Kier molecular flexibility index (Phi) is 7.24. The number of rotatable bonds is 5. The first-order chi connectivity index (χ1) is 15.6. The minimum atomic E-state index is -4.81. The average Bonchev–Trinajstić information content (AvgIpc) is 3.12. The maximum atomic E-state index is 13.8. The van der Waals surface area contributed by atoms with Gasteiger partial charge in [-0.25, -0.2) is 0 Å². The van der Waals surface area contributed by atoms with Gasteiger partial charge in [0, 0.05) is 19.1 Å². The van der Waals surface area contributed by atoms with Crippen molar-refractivity contribution in [1.82, 2.24) is 9.80 Å². The number of ether oxygens (including phenoxy) is 1. The molecule has 3 fully saturated rings. The molecule has 1 aromatic rings. The Hall–Kier alpha value is -1.80. The Labute approximate surface area is 193 Å². The summed E-state index contributed by atoms with van der Waals surface area (Å²) in [5.41, 5.74) is -0.881. The highest BCUT2D eigenvalue weighted by Gasteiger charge is 2.48. The van der Waals surface area contributed by atoms with E-state index >= 15 is 0 Å². The summed E-state index contributed by atoms with van der Waals surface area (Å²) in [7, 11) is 0. The van der Waals surface area contributed by atoms with Gasteiger partial charge in [-0.1, -0.05) is 25.5 Å². The van der Waals surface area contributed by atoms with Gasteiger partial charge >= 0.3 is 6.36 Å². The number of aliphatic hydroxyl groups is 1. The van der Waals surface area contributed by atoms with Crippen LogP contribution in [0.2, 0.25) is 0 Å². The fraction of sp³-hybridized carbons (Fsp3) is 0.720. The largest absolute Gasteiger partial charge is 0.573 e. The molecule has 0 bridgehead atoms. The van der Waals surface area contributed by atoms with E-state index in [9.17, 15) is 23.1 Å². The van der Waals surface area contributed by atoms with Crippen LogP contribution in [0.4, 0.5) is 13.2 Å². The number of amides is 1. The first kappa shape index (κ1) is 24.3. The summed E-state index contributed by atoms with van der Waals surface area (Å²) < 4.78 is 42.5. The number of halogens is 3. The highest BCUT2D eigenvalue weighted by atomic mass is 19.4. The second-order valence-corrected chi connectivity index (χ2v) is 10.2. The molecule has 2 aliphatic heterocycles. The van der Waals surface area contributed by atoms with Crippen molar-refractivity contribution in [2.75, 3.05) is 26.2 Å². The summed E-state index contributed by atoms with van der Waals surface area (Å²) in [5, 5.41) is 11.5. The zero-order valence-electron chi connectivity index (χ0n) is 19.3. The normalized spacial score (nSPS) is 28.6. The monoisotopic (exact) mass is 468 g/mol. The maximum Gasteiger partial charge on any atom is 0.573 e. The Morgan fingerprint density at radius 2 is 1.82 bits per heavy atom. The van der Waals surface area contributed by atoms with Crippen LogP contribution in [0.25, 0.3) is 0 Å². The van der Waals surface area contributed by atoms with Gasteiger partial charge in [-0.15, -0.1) is 13.2 Å². The van der Waals surface area contributed by atoms with Gasteiger partial charge in [-0.3, -0.25) is 4.79 Å². The van der Waals surface area contributed by atoms with Crippen molar-refractivity contribution in [3.63, 3.8) is 0 Å². The van der Waals surface area contributed by atoms with Gasteiger partial charge in [-0.2, -0.15) is 0 Å². The van der Waals surface area contributed by atoms with Gasteiger partial charge in [0.1, 0.15) is 5.75 Å². The lowest BCUT2D eigenvalue weighted by molar-refractivity contribution is -0.274. The van der Waals surface area contributed by atoms with Gasteiger partial charge in [0.2, 0.25) is 5.91 Å².